The predicted molar refractivity (Wildman–Crippen MR) is 53.1 cm³/mol. The van der Waals surface area contributed by atoms with Gasteiger partial charge in [0.25, 0.3) is 0 Å². The molecule has 1 heterocycles. The van der Waals surface area contributed by atoms with E-state index in [0.29, 0.717) is 0 Å². The monoisotopic (exact) mass is 147 g/mol. The average molecular weight is 147 g/mol. The third-order valence-electron chi connectivity index (χ3n) is 1.73. The highest BCUT2D eigenvalue weighted by Crippen LogP contribution is 1.72. The minimum absolute atomic E-state index is 1.10. The molecule has 0 amide bonds. The van der Waals surface area contributed by atoms with Crippen molar-refractivity contribution in [2.75, 3.05) is 0 Å². The van der Waals surface area contributed by atoms with Crippen LogP contribution in [0.4, 0.5) is 0 Å². The van der Waals surface area contributed by atoms with E-state index in [9.17, 15) is 0 Å². The Hall–Kier alpha value is -0.915. The molecule has 0 aliphatic rings. The normalized spacial score (nSPS) is 14.4. The van der Waals surface area contributed by atoms with Crippen molar-refractivity contribution in [3.05, 3.63) is 16.6 Å². The Morgan fingerprint density at radius 1 is 1.64 bits per heavy atom. The first kappa shape index (κ1) is 8.18. The van der Waals surface area contributed by atoms with Gasteiger partial charge in [-0.05, 0) is 30.2 Å². The summed E-state index contributed by atoms with van der Waals surface area (Å²) in [5.74, 6) is 0. The molecule has 0 saturated carbocycles. The molecule has 0 bridgehead atoms. The fourth-order valence-corrected chi connectivity index (χ4v) is 1.26. The number of H-pyrrole nitrogens is 1. The fourth-order valence-electron chi connectivity index (χ4n) is 1.26. The van der Waals surface area contributed by atoms with Crippen molar-refractivity contribution in [1.29, 1.82) is 0 Å². The maximum atomic E-state index is 3.29. The van der Waals surface area contributed by atoms with Crippen LogP contribution in [0.2, 0.25) is 0 Å². The summed E-state index contributed by atoms with van der Waals surface area (Å²) in [6, 6.07) is 2.18. The van der Waals surface area contributed by atoms with E-state index in [1.165, 1.54) is 16.2 Å². The standard InChI is InChI=1S/C9H14BN/c1-3-5-7-6-9(10)11-8(7)4-2/h4-6,11H,3,10H2,1-2H3/b7-5-,8-4+. The van der Waals surface area contributed by atoms with Gasteiger partial charge < -0.3 is 4.98 Å². The van der Waals surface area contributed by atoms with E-state index in [1.807, 2.05) is 0 Å². The van der Waals surface area contributed by atoms with E-state index in [1.54, 1.807) is 0 Å². The SMILES string of the molecule is Bc1cc(=C/CC)/c(=C\C)[nH]1. The number of nitrogens with one attached hydrogen (secondary N) is 1. The summed E-state index contributed by atoms with van der Waals surface area (Å²) >= 11 is 0. The van der Waals surface area contributed by atoms with Gasteiger partial charge in [-0.15, -0.1) is 0 Å². The Morgan fingerprint density at radius 3 is 2.91 bits per heavy atom. The van der Waals surface area contributed by atoms with Crippen LogP contribution in [0.25, 0.3) is 12.2 Å². The van der Waals surface area contributed by atoms with Crippen LogP contribution in [0.1, 0.15) is 20.3 Å². The van der Waals surface area contributed by atoms with Gasteiger partial charge in [0.2, 0.25) is 0 Å². The zero-order valence-electron chi connectivity index (χ0n) is 7.44. The summed E-state index contributed by atoms with van der Waals surface area (Å²) in [5.41, 5.74) is 1.23. The van der Waals surface area contributed by atoms with Crippen LogP contribution in [-0.2, 0) is 0 Å². The van der Waals surface area contributed by atoms with Gasteiger partial charge >= 0.3 is 0 Å². The topological polar surface area (TPSA) is 15.8 Å². The minimum atomic E-state index is 1.10. The minimum Gasteiger partial charge on any atom is -0.368 e. The lowest BCUT2D eigenvalue weighted by Gasteiger charge is -1.77. The smallest absolute Gasteiger partial charge is 0.160 e. The zero-order valence-corrected chi connectivity index (χ0v) is 7.44. The van der Waals surface area contributed by atoms with Gasteiger partial charge in [-0.1, -0.05) is 19.1 Å². The first-order chi connectivity index (χ1) is 5.27. The second kappa shape index (κ2) is 3.47. The van der Waals surface area contributed by atoms with E-state index in [4.69, 9.17) is 0 Å². The number of aromatic nitrogens is 1. The second-order valence-electron chi connectivity index (χ2n) is 2.72. The summed E-state index contributed by atoms with van der Waals surface area (Å²) in [6.07, 6.45) is 5.44. The molecule has 0 spiro atoms. The third-order valence-corrected chi connectivity index (χ3v) is 1.73. The maximum absolute atomic E-state index is 3.29. The van der Waals surface area contributed by atoms with Crippen molar-refractivity contribution in [2.45, 2.75) is 20.3 Å². The van der Waals surface area contributed by atoms with E-state index in [-0.39, 0.29) is 0 Å². The lowest BCUT2D eigenvalue weighted by Crippen LogP contribution is -2.21. The van der Waals surface area contributed by atoms with Gasteiger partial charge in [-0.2, -0.15) is 0 Å². The highest BCUT2D eigenvalue weighted by atomic mass is 14.7. The molecule has 0 radical (unpaired) electrons. The number of aromatic amines is 1. The van der Waals surface area contributed by atoms with E-state index in [2.05, 4.69) is 44.9 Å². The average Bonchev–Trinajstić information content (AvgIpc) is 2.32. The van der Waals surface area contributed by atoms with Crippen molar-refractivity contribution in [3.8, 4) is 0 Å². The quantitative estimate of drug-likeness (QED) is 0.504. The number of hydrogen-bond acceptors (Lipinski definition) is 0. The Bertz CT molecular complexity index is 335. The zero-order chi connectivity index (χ0) is 8.27. The molecular formula is C9H14BN. The van der Waals surface area contributed by atoms with Gasteiger partial charge in [0.15, 0.2) is 7.85 Å². The Kier molecular flexibility index (Phi) is 2.58. The van der Waals surface area contributed by atoms with Crippen LogP contribution in [0, 0.1) is 0 Å². The molecule has 11 heavy (non-hydrogen) atoms. The summed E-state index contributed by atoms with van der Waals surface area (Å²) in [6.45, 7) is 4.21. The summed E-state index contributed by atoms with van der Waals surface area (Å²) in [5, 5.41) is 2.57. The highest BCUT2D eigenvalue weighted by molar-refractivity contribution is 6.30. The van der Waals surface area contributed by atoms with Gasteiger partial charge in [-0.25, -0.2) is 0 Å². The van der Waals surface area contributed by atoms with Crippen molar-refractivity contribution in [3.63, 3.8) is 0 Å². The molecule has 1 aromatic rings. The summed E-state index contributed by atoms with van der Waals surface area (Å²) < 4.78 is 0. The highest BCUT2D eigenvalue weighted by Gasteiger charge is 1.87. The summed E-state index contributed by atoms with van der Waals surface area (Å²) in [4.78, 5) is 3.29. The lowest BCUT2D eigenvalue weighted by atomic mass is 10.1. The molecular weight excluding hydrogens is 133 g/mol. The number of hydrogen-bond donors (Lipinski definition) is 1. The van der Waals surface area contributed by atoms with Crippen molar-refractivity contribution < 1.29 is 0 Å². The molecule has 0 aliphatic carbocycles. The molecule has 0 fully saturated rings. The molecule has 1 nitrogen and oxygen atoms in total. The van der Waals surface area contributed by atoms with Crippen LogP contribution in [0.3, 0.4) is 0 Å². The van der Waals surface area contributed by atoms with Crippen molar-refractivity contribution >= 4 is 25.6 Å². The molecule has 1 aromatic heterocycles. The summed E-state index contributed by atoms with van der Waals surface area (Å²) in [7, 11) is 2.08. The predicted octanol–water partition coefficient (Wildman–Crippen LogP) is -0.736. The van der Waals surface area contributed by atoms with Crippen LogP contribution >= 0.6 is 0 Å². The molecule has 0 unspecified atom stereocenters. The molecule has 1 rings (SSSR count). The van der Waals surface area contributed by atoms with Crippen molar-refractivity contribution in [1.82, 2.24) is 4.98 Å². The van der Waals surface area contributed by atoms with Crippen LogP contribution in [0.15, 0.2) is 6.07 Å². The van der Waals surface area contributed by atoms with Gasteiger partial charge in [0.05, 0.1) is 0 Å². The van der Waals surface area contributed by atoms with E-state index in [0.717, 1.165) is 6.42 Å². The van der Waals surface area contributed by atoms with Crippen LogP contribution < -0.4 is 16.2 Å². The molecule has 0 atom stereocenters. The van der Waals surface area contributed by atoms with Crippen molar-refractivity contribution in [2.24, 2.45) is 0 Å². The Morgan fingerprint density at radius 2 is 2.36 bits per heavy atom. The van der Waals surface area contributed by atoms with Crippen LogP contribution in [0.5, 0.6) is 0 Å². The van der Waals surface area contributed by atoms with E-state index >= 15 is 0 Å². The van der Waals surface area contributed by atoms with E-state index < -0.39 is 0 Å². The first-order valence-electron chi connectivity index (χ1n) is 4.10. The lowest BCUT2D eigenvalue weighted by molar-refractivity contribution is 1.27. The Labute approximate surface area is 68.2 Å². The first-order valence-corrected chi connectivity index (χ1v) is 4.10. The van der Waals surface area contributed by atoms with Gasteiger partial charge in [0.1, 0.15) is 0 Å². The molecule has 58 valence electrons. The van der Waals surface area contributed by atoms with Gasteiger partial charge in [-0.3, -0.25) is 0 Å². The molecule has 1 N–H and O–H groups in total. The second-order valence-corrected chi connectivity index (χ2v) is 2.72. The molecule has 0 saturated heterocycles. The van der Waals surface area contributed by atoms with Gasteiger partial charge in [0, 0.05) is 5.35 Å². The van der Waals surface area contributed by atoms with Crippen LogP contribution in [-0.4, -0.2) is 12.8 Å². The molecule has 0 aliphatic heterocycles. The third kappa shape index (κ3) is 1.76. The Balaban J connectivity index is 3.36. The molecule has 2 heteroatoms. The largest absolute Gasteiger partial charge is 0.368 e. The number of rotatable bonds is 1. The maximum Gasteiger partial charge on any atom is 0.160 e. The molecule has 0 aromatic carbocycles. The fraction of sp³-hybridized carbons (Fsp3) is 0.333.